The molecule has 2 unspecified atom stereocenters. The van der Waals surface area contributed by atoms with Crippen molar-refractivity contribution < 1.29 is 30.0 Å². The second-order valence-corrected chi connectivity index (χ2v) is 4.38. The quantitative estimate of drug-likeness (QED) is 0.289. The van der Waals surface area contributed by atoms with E-state index in [4.69, 9.17) is 20.4 Å². The summed E-state index contributed by atoms with van der Waals surface area (Å²) in [5.74, 6) is -1.32. The van der Waals surface area contributed by atoms with Gasteiger partial charge >= 0.3 is 0 Å². The minimum Gasteiger partial charge on any atom is -0.394 e. The first-order valence-electron chi connectivity index (χ1n) is 6.44. The van der Waals surface area contributed by atoms with E-state index in [9.17, 15) is 9.59 Å². The van der Waals surface area contributed by atoms with Crippen LogP contribution in [0.25, 0.3) is 0 Å². The third-order valence-electron chi connectivity index (χ3n) is 2.52. The summed E-state index contributed by atoms with van der Waals surface area (Å²) in [6, 6.07) is 0. The van der Waals surface area contributed by atoms with Gasteiger partial charge in [-0.15, -0.1) is 0 Å². The molecule has 1 rings (SSSR count). The summed E-state index contributed by atoms with van der Waals surface area (Å²) in [6.45, 7) is -1.34. The Kier molecular flexibility index (Phi) is 7.32. The maximum Gasteiger partial charge on any atom is 0.271 e. The Balaban J connectivity index is 2.64. The van der Waals surface area contributed by atoms with Crippen LogP contribution in [0.3, 0.4) is 0 Å². The Labute approximate surface area is 125 Å². The highest BCUT2D eigenvalue weighted by Gasteiger charge is 2.14. The molecular weight excluding hydrogens is 296 g/mol. The van der Waals surface area contributed by atoms with Gasteiger partial charge in [0.2, 0.25) is 0 Å². The molecule has 1 aromatic rings. The third kappa shape index (κ3) is 5.69. The highest BCUT2D eigenvalue weighted by atomic mass is 16.3. The fourth-order valence-corrected chi connectivity index (χ4v) is 1.32. The molecule has 10 heteroatoms. The molecule has 0 aliphatic rings. The molecule has 2 atom stereocenters. The number of rotatable bonds is 8. The van der Waals surface area contributed by atoms with E-state index < -0.39 is 37.2 Å². The SMILES string of the molecule is O=C(NCC(O)CO)c1cncc(C(=O)NCC(O)CO)n1. The highest BCUT2D eigenvalue weighted by molar-refractivity contribution is 5.95. The van der Waals surface area contributed by atoms with Crippen molar-refractivity contribution in [1.29, 1.82) is 0 Å². The number of amides is 2. The monoisotopic (exact) mass is 314 g/mol. The molecule has 1 heterocycles. The minimum atomic E-state index is -1.09. The van der Waals surface area contributed by atoms with Gasteiger partial charge in [-0.05, 0) is 0 Å². The van der Waals surface area contributed by atoms with Crippen LogP contribution < -0.4 is 10.6 Å². The average molecular weight is 314 g/mol. The fourth-order valence-electron chi connectivity index (χ4n) is 1.32. The van der Waals surface area contributed by atoms with Gasteiger partial charge in [-0.3, -0.25) is 14.6 Å². The van der Waals surface area contributed by atoms with E-state index in [0.717, 1.165) is 12.4 Å². The lowest BCUT2D eigenvalue weighted by Gasteiger charge is -2.10. The molecule has 0 saturated carbocycles. The lowest BCUT2D eigenvalue weighted by Crippen LogP contribution is -2.36. The maximum atomic E-state index is 11.7. The molecule has 0 fully saturated rings. The number of hydrogen-bond acceptors (Lipinski definition) is 8. The number of aliphatic hydroxyl groups is 4. The van der Waals surface area contributed by atoms with E-state index in [0.29, 0.717) is 0 Å². The summed E-state index contributed by atoms with van der Waals surface area (Å²) in [4.78, 5) is 31.0. The first kappa shape index (κ1) is 17.9. The predicted octanol–water partition coefficient (Wildman–Crippen LogP) is -3.36. The van der Waals surface area contributed by atoms with Gasteiger partial charge < -0.3 is 31.1 Å². The van der Waals surface area contributed by atoms with Crippen LogP contribution in [-0.4, -0.2) is 80.7 Å². The normalized spacial score (nSPS) is 13.3. The molecule has 22 heavy (non-hydrogen) atoms. The van der Waals surface area contributed by atoms with Gasteiger partial charge in [-0.25, -0.2) is 4.98 Å². The molecule has 0 saturated heterocycles. The zero-order valence-corrected chi connectivity index (χ0v) is 11.6. The zero-order chi connectivity index (χ0) is 16.5. The van der Waals surface area contributed by atoms with Crippen molar-refractivity contribution in [3.8, 4) is 0 Å². The number of nitrogens with zero attached hydrogens (tertiary/aromatic N) is 2. The van der Waals surface area contributed by atoms with Gasteiger partial charge in [-0.2, -0.15) is 0 Å². The molecular formula is C12H18N4O6. The lowest BCUT2D eigenvalue weighted by molar-refractivity contribution is 0.0793. The Morgan fingerprint density at radius 2 is 1.36 bits per heavy atom. The molecule has 0 aromatic carbocycles. The summed E-state index contributed by atoms with van der Waals surface area (Å²) in [7, 11) is 0. The average Bonchev–Trinajstić information content (AvgIpc) is 2.56. The molecule has 0 aliphatic carbocycles. The number of carbonyl (C=O) groups excluding carboxylic acids is 2. The summed E-state index contributed by atoms with van der Waals surface area (Å²) >= 11 is 0. The summed E-state index contributed by atoms with van der Waals surface area (Å²) in [6.07, 6.45) is 0.0896. The van der Waals surface area contributed by atoms with E-state index in [1.165, 1.54) is 0 Å². The van der Waals surface area contributed by atoms with Crippen molar-refractivity contribution in [2.45, 2.75) is 12.2 Å². The minimum absolute atomic E-state index is 0.138. The summed E-state index contributed by atoms with van der Waals surface area (Å²) in [5, 5.41) is 40.2. The summed E-state index contributed by atoms with van der Waals surface area (Å²) < 4.78 is 0. The number of nitrogens with one attached hydrogen (secondary N) is 2. The van der Waals surface area contributed by atoms with Gasteiger partial charge in [-0.1, -0.05) is 0 Å². The van der Waals surface area contributed by atoms with Crippen molar-refractivity contribution in [2.75, 3.05) is 26.3 Å². The predicted molar refractivity (Wildman–Crippen MR) is 72.9 cm³/mol. The molecule has 0 aliphatic heterocycles. The van der Waals surface area contributed by atoms with Crippen LogP contribution in [0, 0.1) is 0 Å². The van der Waals surface area contributed by atoms with Crippen LogP contribution in [0.15, 0.2) is 12.4 Å². The van der Waals surface area contributed by atoms with Gasteiger partial charge in [0.25, 0.3) is 11.8 Å². The van der Waals surface area contributed by atoms with E-state index in [-0.39, 0.29) is 24.5 Å². The van der Waals surface area contributed by atoms with Crippen LogP contribution in [0.4, 0.5) is 0 Å². The Bertz CT molecular complexity index is 471. The van der Waals surface area contributed by atoms with Crippen molar-refractivity contribution in [3.05, 3.63) is 23.8 Å². The fraction of sp³-hybridized carbons (Fsp3) is 0.500. The van der Waals surface area contributed by atoms with Gasteiger partial charge in [0.1, 0.15) is 11.4 Å². The second kappa shape index (κ2) is 9.00. The highest BCUT2D eigenvalue weighted by Crippen LogP contribution is 1.97. The van der Waals surface area contributed by atoms with Crippen LogP contribution in [0.2, 0.25) is 0 Å². The molecule has 122 valence electrons. The number of carbonyl (C=O) groups is 2. The number of aromatic nitrogens is 2. The van der Waals surface area contributed by atoms with Crippen molar-refractivity contribution in [3.63, 3.8) is 0 Å². The molecule has 1 aromatic heterocycles. The van der Waals surface area contributed by atoms with Crippen LogP contribution >= 0.6 is 0 Å². The standard InChI is InChI=1S/C12H18N4O6/c17-5-7(19)1-14-11(21)9-3-13-4-10(16-9)12(22)15-2-8(20)6-18/h3-4,7-8,17-20H,1-2,5-6H2,(H,14,21)(H,15,22). The number of aliphatic hydroxyl groups excluding tert-OH is 4. The van der Waals surface area contributed by atoms with Crippen molar-refractivity contribution in [2.24, 2.45) is 0 Å². The Morgan fingerprint density at radius 1 is 0.955 bits per heavy atom. The lowest BCUT2D eigenvalue weighted by atomic mass is 10.3. The van der Waals surface area contributed by atoms with Crippen LogP contribution in [-0.2, 0) is 0 Å². The molecule has 0 bridgehead atoms. The van der Waals surface area contributed by atoms with Gasteiger partial charge in [0, 0.05) is 13.1 Å². The first-order chi connectivity index (χ1) is 10.5. The van der Waals surface area contributed by atoms with Crippen molar-refractivity contribution in [1.82, 2.24) is 20.6 Å². The summed E-state index contributed by atoms with van der Waals surface area (Å²) in [5.41, 5.74) is -0.277. The smallest absolute Gasteiger partial charge is 0.271 e. The third-order valence-corrected chi connectivity index (χ3v) is 2.52. The molecule has 10 nitrogen and oxygen atoms in total. The maximum absolute atomic E-state index is 11.7. The zero-order valence-electron chi connectivity index (χ0n) is 11.6. The Hall–Kier alpha value is -2.14. The van der Waals surface area contributed by atoms with E-state index in [2.05, 4.69) is 20.6 Å². The largest absolute Gasteiger partial charge is 0.394 e. The van der Waals surface area contributed by atoms with E-state index in [1.807, 2.05) is 0 Å². The van der Waals surface area contributed by atoms with Crippen LogP contribution in [0.1, 0.15) is 21.0 Å². The molecule has 0 radical (unpaired) electrons. The second-order valence-electron chi connectivity index (χ2n) is 4.38. The number of hydrogen-bond donors (Lipinski definition) is 6. The van der Waals surface area contributed by atoms with Crippen LogP contribution in [0.5, 0.6) is 0 Å². The Morgan fingerprint density at radius 3 is 1.73 bits per heavy atom. The van der Waals surface area contributed by atoms with E-state index >= 15 is 0 Å². The van der Waals surface area contributed by atoms with Gasteiger partial charge in [0.15, 0.2) is 0 Å². The van der Waals surface area contributed by atoms with Crippen molar-refractivity contribution >= 4 is 11.8 Å². The first-order valence-corrected chi connectivity index (χ1v) is 6.44. The van der Waals surface area contributed by atoms with Gasteiger partial charge in [0.05, 0.1) is 37.8 Å². The molecule has 0 spiro atoms. The topological polar surface area (TPSA) is 165 Å². The molecule has 2 amide bonds. The van der Waals surface area contributed by atoms with E-state index in [1.54, 1.807) is 0 Å². The molecule has 6 N–H and O–H groups in total.